The maximum absolute atomic E-state index is 11.6. The van der Waals surface area contributed by atoms with Gasteiger partial charge in [0, 0.05) is 18.9 Å². The summed E-state index contributed by atoms with van der Waals surface area (Å²) in [7, 11) is 1.65. The minimum atomic E-state index is 0.0428. The van der Waals surface area contributed by atoms with Gasteiger partial charge in [-0.2, -0.15) is 0 Å². The number of carbonyl (C=O) groups excluding carboxylic acids is 1. The van der Waals surface area contributed by atoms with Crippen LogP contribution in [0.5, 0.6) is 11.5 Å². The first kappa shape index (κ1) is 14.1. The van der Waals surface area contributed by atoms with Gasteiger partial charge >= 0.3 is 0 Å². The SMILES string of the molecule is COc1cc2c(cc1-c1nc(C)c(C(C)=O)s1)OC(C)C2. The standard InChI is InChI=1S/C16H17NO3S/c1-8-5-11-6-14(19-4)12(7-13(11)20-8)16-17-9(2)15(21-16)10(3)18/h6-8H,5H2,1-4H3. The number of hydrogen-bond donors (Lipinski definition) is 0. The summed E-state index contributed by atoms with van der Waals surface area (Å²) in [6.45, 7) is 5.47. The summed E-state index contributed by atoms with van der Waals surface area (Å²) in [5.74, 6) is 1.70. The van der Waals surface area contributed by atoms with Crippen molar-refractivity contribution < 1.29 is 14.3 Å². The molecule has 3 rings (SSSR count). The molecule has 0 saturated heterocycles. The summed E-state index contributed by atoms with van der Waals surface area (Å²) in [4.78, 5) is 16.8. The van der Waals surface area contributed by atoms with Crippen LogP contribution in [0.2, 0.25) is 0 Å². The monoisotopic (exact) mass is 303 g/mol. The highest BCUT2D eigenvalue weighted by Gasteiger charge is 2.24. The molecule has 0 aliphatic carbocycles. The highest BCUT2D eigenvalue weighted by atomic mass is 32.1. The van der Waals surface area contributed by atoms with Gasteiger partial charge in [0.2, 0.25) is 0 Å². The van der Waals surface area contributed by atoms with Crippen LogP contribution in [0.3, 0.4) is 0 Å². The van der Waals surface area contributed by atoms with Crippen LogP contribution in [0.25, 0.3) is 10.6 Å². The summed E-state index contributed by atoms with van der Waals surface area (Å²) in [5, 5.41) is 0.792. The maximum Gasteiger partial charge on any atom is 0.171 e. The Morgan fingerprint density at radius 3 is 2.86 bits per heavy atom. The summed E-state index contributed by atoms with van der Waals surface area (Å²) >= 11 is 1.40. The van der Waals surface area contributed by atoms with E-state index in [0.29, 0.717) is 4.88 Å². The number of methoxy groups -OCH3 is 1. The number of hydrogen-bond acceptors (Lipinski definition) is 5. The van der Waals surface area contributed by atoms with Gasteiger partial charge < -0.3 is 9.47 Å². The molecule has 0 bridgehead atoms. The van der Waals surface area contributed by atoms with Crippen molar-refractivity contribution >= 4 is 17.1 Å². The van der Waals surface area contributed by atoms with Crippen molar-refractivity contribution in [2.24, 2.45) is 0 Å². The Hall–Kier alpha value is -1.88. The van der Waals surface area contributed by atoms with Gasteiger partial charge in [-0.3, -0.25) is 4.79 Å². The highest BCUT2D eigenvalue weighted by molar-refractivity contribution is 7.17. The quantitative estimate of drug-likeness (QED) is 0.812. The zero-order chi connectivity index (χ0) is 15.1. The van der Waals surface area contributed by atoms with E-state index in [1.165, 1.54) is 11.3 Å². The van der Waals surface area contributed by atoms with E-state index in [2.05, 4.69) is 4.98 Å². The van der Waals surface area contributed by atoms with Crippen LogP contribution in [-0.4, -0.2) is 24.0 Å². The smallest absolute Gasteiger partial charge is 0.171 e. The Labute approximate surface area is 127 Å². The molecule has 0 amide bonds. The average Bonchev–Trinajstić information content (AvgIpc) is 2.98. The molecule has 0 fully saturated rings. The van der Waals surface area contributed by atoms with Gasteiger partial charge in [-0.25, -0.2) is 4.98 Å². The minimum absolute atomic E-state index is 0.0428. The third-order valence-electron chi connectivity index (χ3n) is 3.56. The van der Waals surface area contributed by atoms with Crippen LogP contribution in [0.1, 0.15) is 34.8 Å². The van der Waals surface area contributed by atoms with Crippen molar-refractivity contribution in [1.82, 2.24) is 4.98 Å². The fraction of sp³-hybridized carbons (Fsp3) is 0.375. The Bertz CT molecular complexity index is 721. The van der Waals surface area contributed by atoms with E-state index in [0.717, 1.165) is 39.7 Å². The van der Waals surface area contributed by atoms with Gasteiger partial charge in [0.15, 0.2) is 5.78 Å². The third kappa shape index (κ3) is 2.42. The molecule has 4 nitrogen and oxygen atoms in total. The number of ketones is 1. The zero-order valence-corrected chi connectivity index (χ0v) is 13.3. The molecule has 0 spiro atoms. The molecule has 1 aliphatic heterocycles. The van der Waals surface area contributed by atoms with E-state index in [1.54, 1.807) is 14.0 Å². The number of aromatic nitrogens is 1. The second kappa shape index (κ2) is 5.15. The van der Waals surface area contributed by atoms with Crippen LogP contribution in [-0.2, 0) is 6.42 Å². The summed E-state index contributed by atoms with van der Waals surface area (Å²) in [6, 6.07) is 3.98. The molecule has 0 N–H and O–H groups in total. The first-order chi connectivity index (χ1) is 9.99. The number of ether oxygens (including phenoxy) is 2. The summed E-state index contributed by atoms with van der Waals surface area (Å²) < 4.78 is 11.3. The number of carbonyl (C=O) groups is 1. The number of thiazole rings is 1. The van der Waals surface area contributed by atoms with Gasteiger partial charge in [0.05, 0.1) is 23.2 Å². The number of fused-ring (bicyclic) bond motifs is 1. The molecule has 110 valence electrons. The van der Waals surface area contributed by atoms with Crippen molar-refractivity contribution in [1.29, 1.82) is 0 Å². The van der Waals surface area contributed by atoms with Gasteiger partial charge in [0.25, 0.3) is 0 Å². The number of aryl methyl sites for hydroxylation is 1. The average molecular weight is 303 g/mol. The van der Waals surface area contributed by atoms with Crippen molar-refractivity contribution in [2.45, 2.75) is 33.3 Å². The molecule has 5 heteroatoms. The van der Waals surface area contributed by atoms with E-state index in [4.69, 9.17) is 9.47 Å². The minimum Gasteiger partial charge on any atom is -0.496 e. The van der Waals surface area contributed by atoms with Crippen LogP contribution in [0, 0.1) is 6.92 Å². The third-order valence-corrected chi connectivity index (χ3v) is 4.86. The lowest BCUT2D eigenvalue weighted by Gasteiger charge is -2.09. The van der Waals surface area contributed by atoms with Crippen LogP contribution in [0.4, 0.5) is 0 Å². The van der Waals surface area contributed by atoms with Gasteiger partial charge in [-0.15, -0.1) is 11.3 Å². The van der Waals surface area contributed by atoms with E-state index in [9.17, 15) is 4.79 Å². The molecule has 1 aliphatic rings. The van der Waals surface area contributed by atoms with Crippen molar-refractivity contribution in [3.8, 4) is 22.1 Å². The molecular weight excluding hydrogens is 286 g/mol. The lowest BCUT2D eigenvalue weighted by Crippen LogP contribution is -2.05. The molecule has 0 radical (unpaired) electrons. The van der Waals surface area contributed by atoms with Gasteiger partial charge in [-0.05, 0) is 26.0 Å². The number of Topliss-reactive ketones (excluding diaryl/α,β-unsaturated/α-hetero) is 1. The lowest BCUT2D eigenvalue weighted by molar-refractivity contribution is 0.102. The van der Waals surface area contributed by atoms with E-state index >= 15 is 0 Å². The molecule has 1 atom stereocenters. The van der Waals surface area contributed by atoms with E-state index < -0.39 is 0 Å². The topological polar surface area (TPSA) is 48.4 Å². The van der Waals surface area contributed by atoms with Gasteiger partial charge in [-0.1, -0.05) is 0 Å². The normalized spacial score (nSPS) is 16.5. The Balaban J connectivity index is 2.12. The zero-order valence-electron chi connectivity index (χ0n) is 12.5. The molecule has 21 heavy (non-hydrogen) atoms. The number of benzene rings is 1. The summed E-state index contributed by atoms with van der Waals surface area (Å²) in [5.41, 5.74) is 2.80. The predicted octanol–water partition coefficient (Wildman–Crippen LogP) is 3.65. The van der Waals surface area contributed by atoms with E-state index in [1.807, 2.05) is 26.0 Å². The Kier molecular flexibility index (Phi) is 3.45. The first-order valence-corrected chi connectivity index (χ1v) is 7.67. The molecule has 2 heterocycles. The second-order valence-electron chi connectivity index (χ2n) is 5.28. The van der Waals surface area contributed by atoms with Crippen LogP contribution < -0.4 is 9.47 Å². The van der Waals surface area contributed by atoms with Crippen LogP contribution in [0.15, 0.2) is 12.1 Å². The Morgan fingerprint density at radius 2 is 2.24 bits per heavy atom. The molecular formula is C16H17NO3S. The highest BCUT2D eigenvalue weighted by Crippen LogP contribution is 2.41. The van der Waals surface area contributed by atoms with Crippen molar-refractivity contribution in [3.05, 3.63) is 28.3 Å². The molecule has 2 aromatic rings. The second-order valence-corrected chi connectivity index (χ2v) is 6.28. The summed E-state index contributed by atoms with van der Waals surface area (Å²) in [6.07, 6.45) is 1.08. The largest absolute Gasteiger partial charge is 0.496 e. The van der Waals surface area contributed by atoms with Crippen molar-refractivity contribution in [3.63, 3.8) is 0 Å². The first-order valence-electron chi connectivity index (χ1n) is 6.86. The van der Waals surface area contributed by atoms with E-state index in [-0.39, 0.29) is 11.9 Å². The maximum atomic E-state index is 11.6. The van der Waals surface area contributed by atoms with Crippen LogP contribution >= 0.6 is 11.3 Å². The molecule has 1 aromatic heterocycles. The van der Waals surface area contributed by atoms with Gasteiger partial charge in [0.1, 0.15) is 22.6 Å². The number of nitrogens with zero attached hydrogens (tertiary/aromatic N) is 1. The fourth-order valence-corrected chi connectivity index (χ4v) is 3.60. The number of rotatable bonds is 3. The van der Waals surface area contributed by atoms with Crippen molar-refractivity contribution in [2.75, 3.05) is 7.11 Å². The fourth-order valence-electron chi connectivity index (χ4n) is 2.61. The lowest BCUT2D eigenvalue weighted by atomic mass is 10.1. The Morgan fingerprint density at radius 1 is 1.48 bits per heavy atom. The predicted molar refractivity (Wildman–Crippen MR) is 82.6 cm³/mol. The molecule has 1 aromatic carbocycles. The molecule has 0 saturated carbocycles. The molecule has 1 unspecified atom stereocenters.